The second kappa shape index (κ2) is 9.58. The number of carbonyl (C=O) groups is 4. The second-order valence-corrected chi connectivity index (χ2v) is 8.45. The molecule has 4 rings (SSSR count). The molecule has 5 amide bonds. The number of imide groups is 1. The predicted molar refractivity (Wildman–Crippen MR) is 129 cm³/mol. The zero-order valence-corrected chi connectivity index (χ0v) is 19.2. The SMILES string of the molecule is C=C1CCC(N2C(=O)C=C(Nc3cccc(NC(=O)Nc4ccc(Cl)c(Cl)c4)c3)C2=O)C(=O)N1. The number of nitrogens with one attached hydrogen (secondary N) is 4. The van der Waals surface area contributed by atoms with Crippen LogP contribution < -0.4 is 21.3 Å². The molecular formula is C23H19Cl2N5O4. The van der Waals surface area contributed by atoms with Crippen LogP contribution in [0.5, 0.6) is 0 Å². The molecule has 11 heteroatoms. The third kappa shape index (κ3) is 5.05. The van der Waals surface area contributed by atoms with Gasteiger partial charge in [0.05, 0.1) is 10.0 Å². The summed E-state index contributed by atoms with van der Waals surface area (Å²) < 4.78 is 0. The molecule has 0 bridgehead atoms. The molecule has 1 saturated heterocycles. The fraction of sp³-hybridized carbons (Fsp3) is 0.130. The number of benzene rings is 2. The summed E-state index contributed by atoms with van der Waals surface area (Å²) in [6.45, 7) is 3.70. The Balaban J connectivity index is 1.40. The second-order valence-electron chi connectivity index (χ2n) is 7.63. The average Bonchev–Trinajstić information content (AvgIpc) is 3.04. The van der Waals surface area contributed by atoms with Crippen molar-refractivity contribution in [2.75, 3.05) is 16.0 Å². The van der Waals surface area contributed by atoms with Gasteiger partial charge in [-0.15, -0.1) is 0 Å². The van der Waals surface area contributed by atoms with E-state index in [0.29, 0.717) is 45.6 Å². The highest BCUT2D eigenvalue weighted by atomic mass is 35.5. The number of hydrogen-bond acceptors (Lipinski definition) is 5. The van der Waals surface area contributed by atoms with Gasteiger partial charge in [-0.25, -0.2) is 4.79 Å². The van der Waals surface area contributed by atoms with E-state index in [-0.39, 0.29) is 5.70 Å². The van der Waals surface area contributed by atoms with Crippen LogP contribution >= 0.6 is 23.2 Å². The summed E-state index contributed by atoms with van der Waals surface area (Å²) >= 11 is 11.8. The number of rotatable bonds is 5. The molecule has 2 heterocycles. The lowest BCUT2D eigenvalue weighted by atomic mass is 10.0. The first-order chi connectivity index (χ1) is 16.2. The number of urea groups is 1. The van der Waals surface area contributed by atoms with Crippen molar-refractivity contribution in [1.82, 2.24) is 10.2 Å². The van der Waals surface area contributed by atoms with Gasteiger partial charge in [0.15, 0.2) is 0 Å². The molecule has 4 N–H and O–H groups in total. The fourth-order valence-corrected chi connectivity index (χ4v) is 3.87. The lowest BCUT2D eigenvalue weighted by Crippen LogP contribution is -2.52. The highest BCUT2D eigenvalue weighted by Crippen LogP contribution is 2.26. The van der Waals surface area contributed by atoms with E-state index in [4.69, 9.17) is 23.2 Å². The van der Waals surface area contributed by atoms with Gasteiger partial charge in [0.1, 0.15) is 11.7 Å². The maximum absolute atomic E-state index is 12.8. The van der Waals surface area contributed by atoms with Crippen molar-refractivity contribution in [3.05, 3.63) is 76.6 Å². The van der Waals surface area contributed by atoms with Gasteiger partial charge in [-0.05, 0) is 49.2 Å². The van der Waals surface area contributed by atoms with Crippen LogP contribution in [0.15, 0.2) is 66.5 Å². The Morgan fingerprint density at radius 1 is 1.00 bits per heavy atom. The number of piperidine rings is 1. The molecule has 34 heavy (non-hydrogen) atoms. The number of nitrogens with zero attached hydrogens (tertiary/aromatic N) is 1. The molecule has 174 valence electrons. The van der Waals surface area contributed by atoms with Gasteiger partial charge in [-0.1, -0.05) is 35.8 Å². The van der Waals surface area contributed by atoms with Crippen LogP contribution in [0.1, 0.15) is 12.8 Å². The first-order valence-electron chi connectivity index (χ1n) is 10.2. The van der Waals surface area contributed by atoms with Gasteiger partial charge in [0.2, 0.25) is 5.91 Å². The van der Waals surface area contributed by atoms with E-state index in [1.807, 2.05) is 0 Å². The minimum atomic E-state index is -0.890. The van der Waals surface area contributed by atoms with E-state index in [9.17, 15) is 19.2 Å². The number of carbonyl (C=O) groups excluding carboxylic acids is 4. The number of allylic oxidation sites excluding steroid dienone is 1. The van der Waals surface area contributed by atoms with E-state index in [1.54, 1.807) is 36.4 Å². The van der Waals surface area contributed by atoms with Crippen LogP contribution in [0, 0.1) is 0 Å². The predicted octanol–water partition coefficient (Wildman–Crippen LogP) is 4.09. The molecule has 0 radical (unpaired) electrons. The van der Waals surface area contributed by atoms with Crippen molar-refractivity contribution >= 4 is 64.0 Å². The minimum absolute atomic E-state index is 0.0274. The van der Waals surface area contributed by atoms with Crippen LogP contribution in [-0.4, -0.2) is 34.7 Å². The standard InChI is InChI=1S/C23H19Cl2N5O4/c1-12-5-8-19(21(32)26-12)30-20(31)11-18(22(30)33)27-13-3-2-4-14(9-13)28-23(34)29-15-6-7-16(24)17(25)10-15/h2-4,6-7,9-11,19,27H,1,5,8H2,(H,26,32)(H2,28,29,34). The highest BCUT2D eigenvalue weighted by Gasteiger charge is 2.41. The highest BCUT2D eigenvalue weighted by molar-refractivity contribution is 6.42. The average molecular weight is 500 g/mol. The van der Waals surface area contributed by atoms with Gasteiger partial charge in [0, 0.05) is 28.8 Å². The summed E-state index contributed by atoms with van der Waals surface area (Å²) in [4.78, 5) is 50.8. The molecule has 0 saturated carbocycles. The summed E-state index contributed by atoms with van der Waals surface area (Å²) in [5.74, 6) is -1.62. The molecule has 0 aromatic heterocycles. The zero-order chi connectivity index (χ0) is 24.4. The number of hydrogen-bond donors (Lipinski definition) is 4. The van der Waals surface area contributed by atoms with E-state index >= 15 is 0 Å². The van der Waals surface area contributed by atoms with Crippen molar-refractivity contribution in [2.24, 2.45) is 0 Å². The Morgan fingerprint density at radius 2 is 1.71 bits per heavy atom. The minimum Gasteiger partial charge on any atom is -0.351 e. The van der Waals surface area contributed by atoms with Gasteiger partial charge < -0.3 is 21.3 Å². The van der Waals surface area contributed by atoms with Crippen molar-refractivity contribution < 1.29 is 19.2 Å². The Bertz CT molecular complexity index is 1260. The molecule has 1 fully saturated rings. The summed E-state index contributed by atoms with van der Waals surface area (Å²) in [7, 11) is 0. The third-order valence-corrected chi connectivity index (χ3v) is 5.90. The van der Waals surface area contributed by atoms with Crippen molar-refractivity contribution in [3.8, 4) is 0 Å². The molecule has 2 aromatic rings. The van der Waals surface area contributed by atoms with Crippen LogP contribution in [0.2, 0.25) is 10.0 Å². The molecule has 2 aliphatic rings. The van der Waals surface area contributed by atoms with Crippen LogP contribution in [0.25, 0.3) is 0 Å². The van der Waals surface area contributed by atoms with Crippen LogP contribution in [0.4, 0.5) is 21.9 Å². The van der Waals surface area contributed by atoms with Gasteiger partial charge in [-0.3, -0.25) is 19.3 Å². The summed E-state index contributed by atoms with van der Waals surface area (Å²) in [5, 5.41) is 11.4. The fourth-order valence-electron chi connectivity index (χ4n) is 3.58. The molecule has 0 aliphatic carbocycles. The van der Waals surface area contributed by atoms with E-state index in [1.165, 1.54) is 6.07 Å². The normalized spacial score (nSPS) is 17.9. The summed E-state index contributed by atoms with van der Waals surface area (Å²) in [5.41, 5.74) is 1.93. The topological polar surface area (TPSA) is 120 Å². The van der Waals surface area contributed by atoms with Gasteiger partial charge in [0.25, 0.3) is 11.8 Å². The first kappa shape index (κ1) is 23.3. The zero-order valence-electron chi connectivity index (χ0n) is 17.7. The van der Waals surface area contributed by atoms with Crippen molar-refractivity contribution in [1.29, 1.82) is 0 Å². The Morgan fingerprint density at radius 3 is 2.41 bits per heavy atom. The van der Waals surface area contributed by atoms with E-state index < -0.39 is 29.8 Å². The molecule has 1 unspecified atom stereocenters. The van der Waals surface area contributed by atoms with E-state index in [2.05, 4.69) is 27.8 Å². The first-order valence-corrected chi connectivity index (χ1v) is 10.9. The Labute approximate surface area is 204 Å². The Hall–Kier alpha value is -3.82. The Kier molecular flexibility index (Phi) is 6.58. The monoisotopic (exact) mass is 499 g/mol. The quantitative estimate of drug-likeness (QED) is 0.461. The molecule has 2 aliphatic heterocycles. The van der Waals surface area contributed by atoms with Crippen LogP contribution in [-0.2, 0) is 14.4 Å². The number of halogens is 2. The number of anilines is 3. The number of amides is 5. The molecule has 9 nitrogen and oxygen atoms in total. The largest absolute Gasteiger partial charge is 0.351 e. The molecule has 0 spiro atoms. The van der Waals surface area contributed by atoms with E-state index in [0.717, 1.165) is 11.0 Å². The van der Waals surface area contributed by atoms with Gasteiger partial charge >= 0.3 is 6.03 Å². The smallest absolute Gasteiger partial charge is 0.323 e. The molecule has 2 aromatic carbocycles. The molecular weight excluding hydrogens is 481 g/mol. The summed E-state index contributed by atoms with van der Waals surface area (Å²) in [6, 6.07) is 9.86. The molecule has 1 atom stereocenters. The van der Waals surface area contributed by atoms with Crippen molar-refractivity contribution in [2.45, 2.75) is 18.9 Å². The van der Waals surface area contributed by atoms with Gasteiger partial charge in [-0.2, -0.15) is 0 Å². The lowest BCUT2D eigenvalue weighted by Gasteiger charge is -2.29. The third-order valence-electron chi connectivity index (χ3n) is 5.17. The summed E-state index contributed by atoms with van der Waals surface area (Å²) in [6.07, 6.45) is 1.95. The maximum atomic E-state index is 12.8. The maximum Gasteiger partial charge on any atom is 0.323 e. The van der Waals surface area contributed by atoms with Crippen molar-refractivity contribution in [3.63, 3.8) is 0 Å². The lowest BCUT2D eigenvalue weighted by molar-refractivity contribution is -0.146. The van der Waals surface area contributed by atoms with Crippen LogP contribution in [0.3, 0.4) is 0 Å².